The number of halogens is 3. The Morgan fingerprint density at radius 1 is 1.00 bits per heavy atom. The maximum Gasteiger partial charge on any atom is 0.172 e. The Hall–Kier alpha value is -1.24. The van der Waals surface area contributed by atoms with Crippen LogP contribution in [-0.4, -0.2) is 54.9 Å². The number of rotatable bonds is 4. The fraction of sp³-hybridized carbons (Fsp3) is 0.476. The Bertz CT molecular complexity index is 743. The van der Waals surface area contributed by atoms with Crippen molar-refractivity contribution in [2.45, 2.75) is 25.5 Å². The van der Waals surface area contributed by atoms with E-state index >= 15 is 0 Å². The Morgan fingerprint density at radius 2 is 1.69 bits per heavy atom. The molecule has 29 heavy (non-hydrogen) atoms. The average molecular weight is 463 g/mol. The smallest absolute Gasteiger partial charge is 0.172 e. The minimum absolute atomic E-state index is 0. The highest BCUT2D eigenvalue weighted by atomic mass is 35.5. The number of morpholine rings is 1. The van der Waals surface area contributed by atoms with Crippen LogP contribution in [0.25, 0.3) is 0 Å². The molecule has 0 saturated carbocycles. The van der Waals surface area contributed by atoms with Gasteiger partial charge in [-0.15, -0.1) is 37.2 Å². The fourth-order valence-corrected chi connectivity index (χ4v) is 3.84. The summed E-state index contributed by atoms with van der Waals surface area (Å²) < 4.78 is 11.7. The number of ether oxygens (including phenoxy) is 2. The van der Waals surface area contributed by atoms with Gasteiger partial charge in [0, 0.05) is 25.8 Å². The fourth-order valence-electron chi connectivity index (χ4n) is 3.84. The van der Waals surface area contributed by atoms with Crippen LogP contribution in [0.15, 0.2) is 48.7 Å². The van der Waals surface area contributed by atoms with Crippen LogP contribution in [0, 0.1) is 0 Å². The lowest BCUT2D eigenvalue weighted by atomic mass is 9.99. The number of hydrogen-bond donors (Lipinski definition) is 0. The van der Waals surface area contributed by atoms with E-state index in [2.05, 4.69) is 59.0 Å². The Kier molecular flexibility index (Phi) is 9.99. The van der Waals surface area contributed by atoms with Crippen molar-refractivity contribution in [2.75, 3.05) is 44.3 Å². The molecule has 1 aromatic heterocycles. The number of aromatic nitrogens is 1. The van der Waals surface area contributed by atoms with Gasteiger partial charge in [-0.25, -0.2) is 4.98 Å². The summed E-state index contributed by atoms with van der Waals surface area (Å²) >= 11 is 0. The van der Waals surface area contributed by atoms with Crippen LogP contribution in [0.3, 0.4) is 0 Å². The number of benzene rings is 1. The molecule has 1 fully saturated rings. The summed E-state index contributed by atoms with van der Waals surface area (Å²) in [6, 6.07) is 14.9. The Labute approximate surface area is 192 Å². The summed E-state index contributed by atoms with van der Waals surface area (Å²) in [6.07, 6.45) is 1.85. The molecular weight excluding hydrogens is 433 g/mol. The zero-order chi connectivity index (χ0) is 18.0. The topological polar surface area (TPSA) is 37.8 Å². The molecule has 0 N–H and O–H groups in total. The first-order valence-corrected chi connectivity index (χ1v) is 9.38. The lowest BCUT2D eigenvalue weighted by molar-refractivity contribution is 0.0328. The molecule has 0 spiro atoms. The van der Waals surface area contributed by atoms with Crippen LogP contribution in [-0.2, 0) is 4.74 Å². The van der Waals surface area contributed by atoms with E-state index < -0.39 is 0 Å². The van der Waals surface area contributed by atoms with Gasteiger partial charge in [-0.2, -0.15) is 0 Å². The first kappa shape index (κ1) is 25.8. The van der Waals surface area contributed by atoms with Crippen LogP contribution in [0.2, 0.25) is 0 Å². The maximum absolute atomic E-state index is 6.19. The highest BCUT2D eigenvalue weighted by Gasteiger charge is 2.37. The largest absolute Gasteiger partial charge is 0.482 e. The summed E-state index contributed by atoms with van der Waals surface area (Å²) in [5.74, 6) is 1.81. The molecule has 162 valence electrons. The molecule has 3 heterocycles. The molecule has 0 radical (unpaired) electrons. The second-order valence-electron chi connectivity index (χ2n) is 7.65. The Balaban J connectivity index is 0.00000140. The van der Waals surface area contributed by atoms with Gasteiger partial charge in [0.05, 0.1) is 25.8 Å². The van der Waals surface area contributed by atoms with Crippen molar-refractivity contribution in [1.82, 2.24) is 9.88 Å². The molecule has 2 aliphatic heterocycles. The Morgan fingerprint density at radius 3 is 2.38 bits per heavy atom. The summed E-state index contributed by atoms with van der Waals surface area (Å²) in [5, 5.41) is 0. The highest BCUT2D eigenvalue weighted by molar-refractivity contribution is 5.86. The maximum atomic E-state index is 6.19. The molecule has 5 nitrogen and oxygen atoms in total. The van der Waals surface area contributed by atoms with Crippen LogP contribution < -0.4 is 9.64 Å². The van der Waals surface area contributed by atoms with Crippen molar-refractivity contribution in [3.8, 4) is 5.75 Å². The van der Waals surface area contributed by atoms with Crippen molar-refractivity contribution < 1.29 is 9.47 Å². The van der Waals surface area contributed by atoms with Gasteiger partial charge in [0.1, 0.15) is 5.60 Å². The SMILES string of the molecule is CC1(C)CN(C(CN2CCOCC2)c2ccccc2)c2ncccc2O1.Cl.Cl.Cl. The molecular formula is C21H30Cl3N3O2. The predicted molar refractivity (Wildman–Crippen MR) is 124 cm³/mol. The van der Waals surface area contributed by atoms with Gasteiger partial charge >= 0.3 is 0 Å². The van der Waals surface area contributed by atoms with Gasteiger partial charge in [-0.1, -0.05) is 30.3 Å². The molecule has 1 aromatic carbocycles. The van der Waals surface area contributed by atoms with Crippen molar-refractivity contribution in [3.63, 3.8) is 0 Å². The normalized spacial score (nSPS) is 18.8. The molecule has 0 bridgehead atoms. The van der Waals surface area contributed by atoms with Crippen LogP contribution >= 0.6 is 37.2 Å². The van der Waals surface area contributed by atoms with E-state index in [0.29, 0.717) is 0 Å². The molecule has 2 aromatic rings. The van der Waals surface area contributed by atoms with Crippen molar-refractivity contribution in [2.24, 2.45) is 0 Å². The summed E-state index contributed by atoms with van der Waals surface area (Å²) in [4.78, 5) is 9.58. The number of anilines is 1. The molecule has 0 aliphatic carbocycles. The molecule has 2 aliphatic rings. The zero-order valence-electron chi connectivity index (χ0n) is 16.8. The molecule has 1 saturated heterocycles. The van der Waals surface area contributed by atoms with Crippen molar-refractivity contribution in [1.29, 1.82) is 0 Å². The number of hydrogen-bond acceptors (Lipinski definition) is 5. The van der Waals surface area contributed by atoms with E-state index in [4.69, 9.17) is 9.47 Å². The van der Waals surface area contributed by atoms with Crippen molar-refractivity contribution >= 4 is 43.0 Å². The summed E-state index contributed by atoms with van der Waals surface area (Å²) in [5.41, 5.74) is 1.06. The third kappa shape index (κ3) is 6.12. The standard InChI is InChI=1S/C21H27N3O2.3ClH/c1-21(2)16-24(20-19(26-21)9-6-10-22-20)18(17-7-4-3-5-8-17)15-23-11-13-25-14-12-23;;;/h3-10,18H,11-16H2,1-2H3;3*1H. The second-order valence-corrected chi connectivity index (χ2v) is 7.65. The van der Waals surface area contributed by atoms with Gasteiger partial charge in [0.25, 0.3) is 0 Å². The van der Waals surface area contributed by atoms with E-state index in [1.165, 1.54) is 5.56 Å². The molecule has 4 rings (SSSR count). The minimum atomic E-state index is -0.256. The lowest BCUT2D eigenvalue weighted by Gasteiger charge is -2.45. The quantitative estimate of drug-likeness (QED) is 0.673. The average Bonchev–Trinajstić information content (AvgIpc) is 2.66. The summed E-state index contributed by atoms with van der Waals surface area (Å²) in [7, 11) is 0. The van der Waals surface area contributed by atoms with Crippen LogP contribution in [0.4, 0.5) is 5.82 Å². The van der Waals surface area contributed by atoms with Crippen molar-refractivity contribution in [3.05, 3.63) is 54.2 Å². The van der Waals surface area contributed by atoms with Gasteiger partial charge in [-0.3, -0.25) is 4.90 Å². The van der Waals surface area contributed by atoms with Gasteiger partial charge < -0.3 is 14.4 Å². The predicted octanol–water partition coefficient (Wildman–Crippen LogP) is 4.40. The molecule has 0 amide bonds. The molecule has 1 unspecified atom stereocenters. The third-order valence-corrected chi connectivity index (χ3v) is 5.06. The van der Waals surface area contributed by atoms with E-state index in [1.807, 2.05) is 18.3 Å². The lowest BCUT2D eigenvalue weighted by Crippen LogP contribution is -2.51. The summed E-state index contributed by atoms with van der Waals surface area (Å²) in [6.45, 7) is 9.63. The first-order valence-electron chi connectivity index (χ1n) is 9.38. The van der Waals surface area contributed by atoms with Crippen LogP contribution in [0.5, 0.6) is 5.75 Å². The first-order chi connectivity index (χ1) is 12.6. The van der Waals surface area contributed by atoms with E-state index in [9.17, 15) is 0 Å². The van der Waals surface area contributed by atoms with Gasteiger partial charge in [0.15, 0.2) is 11.6 Å². The zero-order valence-corrected chi connectivity index (χ0v) is 19.3. The minimum Gasteiger partial charge on any atom is -0.482 e. The third-order valence-electron chi connectivity index (χ3n) is 5.06. The van der Waals surface area contributed by atoms with Gasteiger partial charge in [0.2, 0.25) is 0 Å². The van der Waals surface area contributed by atoms with Gasteiger partial charge in [-0.05, 0) is 31.5 Å². The number of fused-ring (bicyclic) bond motifs is 1. The molecule has 8 heteroatoms. The molecule has 1 atom stereocenters. The number of nitrogens with zero attached hydrogens (tertiary/aromatic N) is 3. The van der Waals surface area contributed by atoms with E-state index in [1.54, 1.807) is 0 Å². The van der Waals surface area contributed by atoms with E-state index in [0.717, 1.165) is 51.0 Å². The van der Waals surface area contributed by atoms with Crippen LogP contribution in [0.1, 0.15) is 25.5 Å². The monoisotopic (exact) mass is 461 g/mol. The number of pyridine rings is 1. The highest BCUT2D eigenvalue weighted by Crippen LogP contribution is 2.40. The van der Waals surface area contributed by atoms with E-state index in [-0.39, 0.29) is 48.9 Å². The second kappa shape index (κ2) is 11.2.